The average Bonchev–Trinajstić information content (AvgIpc) is 2.79. The first-order valence-corrected chi connectivity index (χ1v) is 9.75. The maximum atomic E-state index is 13.3. The molecule has 0 aliphatic heterocycles. The fraction of sp³-hybridized carbons (Fsp3) is 0.478. The van der Waals surface area contributed by atoms with E-state index >= 15 is 0 Å². The van der Waals surface area contributed by atoms with E-state index in [0.717, 1.165) is 40.9 Å². The van der Waals surface area contributed by atoms with Crippen LogP contribution in [0.15, 0.2) is 12.1 Å². The summed E-state index contributed by atoms with van der Waals surface area (Å²) in [6.07, 6.45) is 1.59. The van der Waals surface area contributed by atoms with Crippen molar-refractivity contribution in [2.75, 3.05) is 5.32 Å². The molecule has 27 heavy (non-hydrogen) atoms. The number of carbonyl (C=O) groups excluding carboxylic acids is 2. The number of rotatable bonds is 6. The molecular weight excluding hydrogens is 336 g/mol. The Balaban J connectivity index is 2.86. The van der Waals surface area contributed by atoms with E-state index in [-0.39, 0.29) is 17.6 Å². The molecule has 0 unspecified atom stereocenters. The molecule has 0 saturated heterocycles. The number of aryl methyl sites for hydroxylation is 3. The first-order valence-electron chi connectivity index (χ1n) is 9.75. The van der Waals surface area contributed by atoms with Crippen LogP contribution >= 0.6 is 0 Å². The van der Waals surface area contributed by atoms with Crippen molar-refractivity contribution in [3.05, 3.63) is 45.6 Å². The molecule has 146 valence electrons. The molecule has 1 aromatic heterocycles. The van der Waals surface area contributed by atoms with Crippen LogP contribution in [0.4, 0.5) is 5.82 Å². The van der Waals surface area contributed by atoms with Gasteiger partial charge in [0.25, 0.3) is 0 Å². The van der Waals surface area contributed by atoms with Gasteiger partial charge in [-0.1, -0.05) is 31.5 Å². The molecule has 0 saturated carbocycles. The SMILES string of the molecule is CCC(CC)C(=O)c1c(C)c(C)n(-c2c(C)cc(C)cc2C)c1NC(C)=O. The second-order valence-corrected chi connectivity index (χ2v) is 7.58. The van der Waals surface area contributed by atoms with Gasteiger partial charge in [-0.3, -0.25) is 14.2 Å². The maximum absolute atomic E-state index is 13.3. The van der Waals surface area contributed by atoms with E-state index < -0.39 is 0 Å². The molecule has 4 nitrogen and oxygen atoms in total. The first-order chi connectivity index (χ1) is 12.6. The molecule has 1 amide bonds. The summed E-state index contributed by atoms with van der Waals surface area (Å²) in [6, 6.07) is 4.27. The molecule has 0 bridgehead atoms. The normalized spacial score (nSPS) is 11.1. The molecule has 1 N–H and O–H groups in total. The number of ketones is 1. The Hall–Kier alpha value is -2.36. The molecule has 0 spiro atoms. The summed E-state index contributed by atoms with van der Waals surface area (Å²) in [5, 5.41) is 2.96. The summed E-state index contributed by atoms with van der Waals surface area (Å²) in [6.45, 7) is 15.8. The maximum Gasteiger partial charge on any atom is 0.222 e. The highest BCUT2D eigenvalue weighted by atomic mass is 16.1. The van der Waals surface area contributed by atoms with Gasteiger partial charge in [-0.15, -0.1) is 0 Å². The molecule has 1 aromatic carbocycles. The molecule has 2 rings (SSSR count). The van der Waals surface area contributed by atoms with Crippen molar-refractivity contribution in [1.29, 1.82) is 0 Å². The smallest absolute Gasteiger partial charge is 0.222 e. The van der Waals surface area contributed by atoms with E-state index in [1.54, 1.807) is 0 Å². The van der Waals surface area contributed by atoms with Crippen LogP contribution in [0.2, 0.25) is 0 Å². The Labute approximate surface area is 163 Å². The van der Waals surface area contributed by atoms with E-state index in [4.69, 9.17) is 0 Å². The minimum atomic E-state index is -0.172. The highest BCUT2D eigenvalue weighted by Crippen LogP contribution is 2.35. The van der Waals surface area contributed by atoms with Crippen LogP contribution < -0.4 is 5.32 Å². The van der Waals surface area contributed by atoms with E-state index in [9.17, 15) is 9.59 Å². The Morgan fingerprint density at radius 2 is 1.52 bits per heavy atom. The van der Waals surface area contributed by atoms with E-state index in [0.29, 0.717) is 11.4 Å². The second-order valence-electron chi connectivity index (χ2n) is 7.58. The number of aromatic nitrogens is 1. The zero-order valence-electron chi connectivity index (χ0n) is 17.9. The highest BCUT2D eigenvalue weighted by molar-refractivity contribution is 6.07. The number of Topliss-reactive ketones (excluding diaryl/α,β-unsaturated/α-hetero) is 1. The standard InChI is InChI=1S/C23H32N2O2/c1-9-19(10-2)22(27)20-16(6)17(7)25(23(20)24-18(8)26)21-14(4)11-13(3)12-15(21)5/h11-12,19H,9-10H2,1-8H3,(H,24,26). The van der Waals surface area contributed by atoms with Gasteiger partial charge in [0.15, 0.2) is 5.78 Å². The summed E-state index contributed by atoms with van der Waals surface area (Å²) in [5.74, 6) is 0.511. The van der Waals surface area contributed by atoms with Gasteiger partial charge in [0, 0.05) is 18.5 Å². The van der Waals surface area contributed by atoms with Crippen LogP contribution in [0.25, 0.3) is 5.69 Å². The number of nitrogens with one attached hydrogen (secondary N) is 1. The fourth-order valence-electron chi connectivity index (χ4n) is 4.06. The topological polar surface area (TPSA) is 51.1 Å². The van der Waals surface area contributed by atoms with Crippen LogP contribution in [0.1, 0.15) is 71.9 Å². The van der Waals surface area contributed by atoms with Gasteiger partial charge in [-0.05, 0) is 64.2 Å². The van der Waals surface area contributed by atoms with Crippen LogP contribution in [0.5, 0.6) is 0 Å². The Morgan fingerprint density at radius 3 is 1.96 bits per heavy atom. The van der Waals surface area contributed by atoms with Crippen molar-refractivity contribution < 1.29 is 9.59 Å². The van der Waals surface area contributed by atoms with Crippen molar-refractivity contribution in [3.8, 4) is 5.69 Å². The number of anilines is 1. The van der Waals surface area contributed by atoms with Crippen molar-refractivity contribution in [2.24, 2.45) is 5.92 Å². The third-order valence-corrected chi connectivity index (χ3v) is 5.47. The molecular formula is C23H32N2O2. The van der Waals surface area contributed by atoms with Gasteiger partial charge in [0.2, 0.25) is 5.91 Å². The van der Waals surface area contributed by atoms with E-state index in [1.807, 2.05) is 27.7 Å². The van der Waals surface area contributed by atoms with Crippen LogP contribution in [-0.2, 0) is 4.79 Å². The van der Waals surface area contributed by atoms with Crippen molar-refractivity contribution in [1.82, 2.24) is 4.57 Å². The lowest BCUT2D eigenvalue weighted by Crippen LogP contribution is -2.19. The average molecular weight is 369 g/mol. The van der Waals surface area contributed by atoms with E-state index in [2.05, 4.69) is 42.8 Å². The minimum Gasteiger partial charge on any atom is -0.311 e. The monoisotopic (exact) mass is 368 g/mol. The zero-order chi connectivity index (χ0) is 20.5. The van der Waals surface area contributed by atoms with Crippen LogP contribution in [0, 0.1) is 40.5 Å². The lowest BCUT2D eigenvalue weighted by atomic mass is 9.92. The van der Waals surface area contributed by atoms with Gasteiger partial charge in [-0.2, -0.15) is 0 Å². The molecule has 4 heteroatoms. The summed E-state index contributed by atoms with van der Waals surface area (Å²) >= 11 is 0. The highest BCUT2D eigenvalue weighted by Gasteiger charge is 2.29. The number of nitrogens with zero attached hydrogens (tertiary/aromatic N) is 1. The quantitative estimate of drug-likeness (QED) is 0.675. The van der Waals surface area contributed by atoms with Crippen LogP contribution in [0.3, 0.4) is 0 Å². The summed E-state index contributed by atoms with van der Waals surface area (Å²) in [7, 11) is 0. The van der Waals surface area contributed by atoms with Crippen molar-refractivity contribution in [2.45, 2.75) is 68.2 Å². The molecule has 2 aromatic rings. The molecule has 0 radical (unpaired) electrons. The number of benzene rings is 1. The fourth-order valence-corrected chi connectivity index (χ4v) is 4.06. The van der Waals surface area contributed by atoms with Gasteiger partial charge >= 0.3 is 0 Å². The lowest BCUT2D eigenvalue weighted by molar-refractivity contribution is -0.114. The molecule has 0 fully saturated rings. The predicted molar refractivity (Wildman–Crippen MR) is 112 cm³/mol. The minimum absolute atomic E-state index is 0.0355. The second kappa shape index (κ2) is 8.12. The predicted octanol–water partition coefficient (Wildman–Crippen LogP) is 5.60. The Morgan fingerprint density at radius 1 is 1.00 bits per heavy atom. The van der Waals surface area contributed by atoms with Crippen LogP contribution in [-0.4, -0.2) is 16.3 Å². The third kappa shape index (κ3) is 3.85. The molecule has 0 atom stereocenters. The molecule has 0 aliphatic rings. The largest absolute Gasteiger partial charge is 0.311 e. The summed E-state index contributed by atoms with van der Waals surface area (Å²) in [4.78, 5) is 25.3. The van der Waals surface area contributed by atoms with Gasteiger partial charge in [-0.25, -0.2) is 0 Å². The molecule has 1 heterocycles. The first kappa shape index (κ1) is 20.9. The van der Waals surface area contributed by atoms with E-state index in [1.165, 1.54) is 12.5 Å². The van der Waals surface area contributed by atoms with Crippen molar-refractivity contribution >= 4 is 17.5 Å². The number of hydrogen-bond donors (Lipinski definition) is 1. The Kier molecular flexibility index (Phi) is 6.30. The molecule has 0 aliphatic carbocycles. The van der Waals surface area contributed by atoms with Crippen molar-refractivity contribution in [3.63, 3.8) is 0 Å². The van der Waals surface area contributed by atoms with Gasteiger partial charge in [0.1, 0.15) is 5.82 Å². The lowest BCUT2D eigenvalue weighted by Gasteiger charge is -2.19. The summed E-state index contributed by atoms with van der Waals surface area (Å²) < 4.78 is 2.05. The summed E-state index contributed by atoms with van der Waals surface area (Å²) in [5.41, 5.74) is 7.06. The number of hydrogen-bond acceptors (Lipinski definition) is 2. The van der Waals surface area contributed by atoms with Gasteiger partial charge < -0.3 is 5.32 Å². The number of carbonyl (C=O) groups is 2. The van der Waals surface area contributed by atoms with Gasteiger partial charge in [0.05, 0.1) is 11.3 Å². The Bertz CT molecular complexity index is 863. The third-order valence-electron chi connectivity index (χ3n) is 5.47. The number of amides is 1. The zero-order valence-corrected chi connectivity index (χ0v) is 17.9.